The zero-order valence-corrected chi connectivity index (χ0v) is 11.4. The molecule has 0 spiro atoms. The lowest BCUT2D eigenvalue weighted by Gasteiger charge is -2.03. The first-order valence-corrected chi connectivity index (χ1v) is 6.76. The lowest BCUT2D eigenvalue weighted by Crippen LogP contribution is -1.93. The number of hydrogen-bond acceptors (Lipinski definition) is 1. The van der Waals surface area contributed by atoms with Crippen LogP contribution in [0.1, 0.15) is 19.4 Å². The Bertz CT molecular complexity index is 681. The van der Waals surface area contributed by atoms with Crippen molar-refractivity contribution in [1.82, 2.24) is 9.97 Å². The molecule has 3 rings (SSSR count). The molecule has 2 nitrogen and oxygen atoms in total. The second-order valence-corrected chi connectivity index (χ2v) is 5.40. The molecule has 3 aromatic rings. The summed E-state index contributed by atoms with van der Waals surface area (Å²) in [5.41, 5.74) is 4.65. The standard InChI is InChI=1S/C17H18N2/c1-12(2)10-13-8-9-15-16(11-13)19-17(18-15)14-6-4-3-5-7-14/h3-9,11-12H,10H2,1-2H3,(H,18,19). The van der Waals surface area contributed by atoms with Gasteiger partial charge < -0.3 is 4.98 Å². The van der Waals surface area contributed by atoms with E-state index in [1.54, 1.807) is 0 Å². The van der Waals surface area contributed by atoms with E-state index >= 15 is 0 Å². The van der Waals surface area contributed by atoms with E-state index in [-0.39, 0.29) is 0 Å². The highest BCUT2D eigenvalue weighted by atomic mass is 14.9. The average molecular weight is 250 g/mol. The summed E-state index contributed by atoms with van der Waals surface area (Å²) in [6.07, 6.45) is 1.11. The predicted molar refractivity (Wildman–Crippen MR) is 80.1 cm³/mol. The van der Waals surface area contributed by atoms with Crippen molar-refractivity contribution in [2.75, 3.05) is 0 Å². The van der Waals surface area contributed by atoms with Crippen LogP contribution in [0, 0.1) is 5.92 Å². The van der Waals surface area contributed by atoms with E-state index in [0.29, 0.717) is 5.92 Å². The number of H-pyrrole nitrogens is 1. The Hall–Kier alpha value is -2.09. The Morgan fingerprint density at radius 1 is 1.05 bits per heavy atom. The van der Waals surface area contributed by atoms with Gasteiger partial charge in [-0.25, -0.2) is 4.98 Å². The van der Waals surface area contributed by atoms with Gasteiger partial charge in [0.05, 0.1) is 11.0 Å². The first-order valence-electron chi connectivity index (χ1n) is 6.76. The third kappa shape index (κ3) is 2.53. The Balaban J connectivity index is 2.01. The molecule has 0 radical (unpaired) electrons. The van der Waals surface area contributed by atoms with Crippen molar-refractivity contribution in [3.63, 3.8) is 0 Å². The topological polar surface area (TPSA) is 28.7 Å². The molecule has 0 aliphatic carbocycles. The number of rotatable bonds is 3. The van der Waals surface area contributed by atoms with Crippen LogP contribution >= 0.6 is 0 Å². The Kier molecular flexibility index (Phi) is 3.08. The zero-order valence-electron chi connectivity index (χ0n) is 11.4. The van der Waals surface area contributed by atoms with Crippen LogP contribution in [0.5, 0.6) is 0 Å². The highest BCUT2D eigenvalue weighted by molar-refractivity contribution is 5.80. The SMILES string of the molecule is CC(C)Cc1ccc2nc(-c3ccccc3)[nH]c2c1. The summed E-state index contributed by atoms with van der Waals surface area (Å²) >= 11 is 0. The van der Waals surface area contributed by atoms with E-state index < -0.39 is 0 Å². The summed E-state index contributed by atoms with van der Waals surface area (Å²) in [4.78, 5) is 8.06. The minimum Gasteiger partial charge on any atom is -0.338 e. The minimum atomic E-state index is 0.675. The number of nitrogens with zero attached hydrogens (tertiary/aromatic N) is 1. The maximum atomic E-state index is 4.65. The molecule has 0 fully saturated rings. The van der Waals surface area contributed by atoms with Gasteiger partial charge in [0.15, 0.2) is 0 Å². The smallest absolute Gasteiger partial charge is 0.138 e. The van der Waals surface area contributed by atoms with Crippen LogP contribution in [0.2, 0.25) is 0 Å². The molecule has 0 atom stereocenters. The van der Waals surface area contributed by atoms with E-state index in [9.17, 15) is 0 Å². The summed E-state index contributed by atoms with van der Waals surface area (Å²) < 4.78 is 0. The van der Waals surface area contributed by atoms with Gasteiger partial charge in [-0.3, -0.25) is 0 Å². The summed E-state index contributed by atoms with van der Waals surface area (Å²) in [5.74, 6) is 1.62. The molecule has 96 valence electrons. The number of hydrogen-bond donors (Lipinski definition) is 1. The van der Waals surface area contributed by atoms with Crippen LogP contribution in [0.15, 0.2) is 48.5 Å². The van der Waals surface area contributed by atoms with Gasteiger partial charge in [0, 0.05) is 5.56 Å². The maximum Gasteiger partial charge on any atom is 0.138 e. The van der Waals surface area contributed by atoms with E-state index in [0.717, 1.165) is 28.8 Å². The van der Waals surface area contributed by atoms with Gasteiger partial charge in [-0.15, -0.1) is 0 Å². The van der Waals surface area contributed by atoms with Crippen molar-refractivity contribution in [1.29, 1.82) is 0 Å². The summed E-state index contributed by atoms with van der Waals surface area (Å²) in [6.45, 7) is 4.49. The van der Waals surface area contributed by atoms with Gasteiger partial charge in [-0.2, -0.15) is 0 Å². The molecule has 1 heterocycles. The van der Waals surface area contributed by atoms with Crippen LogP contribution in [-0.2, 0) is 6.42 Å². The normalized spacial score (nSPS) is 11.3. The molecule has 19 heavy (non-hydrogen) atoms. The second-order valence-electron chi connectivity index (χ2n) is 5.40. The zero-order chi connectivity index (χ0) is 13.2. The molecule has 0 saturated carbocycles. The molecule has 1 N–H and O–H groups in total. The summed E-state index contributed by atoms with van der Waals surface area (Å²) in [6, 6.07) is 16.7. The van der Waals surface area contributed by atoms with Crippen LogP contribution in [0.4, 0.5) is 0 Å². The van der Waals surface area contributed by atoms with Crippen LogP contribution in [0.3, 0.4) is 0 Å². The van der Waals surface area contributed by atoms with E-state index in [2.05, 4.69) is 54.1 Å². The molecular weight excluding hydrogens is 232 g/mol. The lowest BCUT2D eigenvalue weighted by molar-refractivity contribution is 0.648. The number of aromatic amines is 1. The van der Waals surface area contributed by atoms with Gasteiger partial charge >= 0.3 is 0 Å². The Morgan fingerprint density at radius 3 is 2.58 bits per heavy atom. The van der Waals surface area contributed by atoms with Crippen molar-refractivity contribution in [3.8, 4) is 11.4 Å². The monoisotopic (exact) mass is 250 g/mol. The fourth-order valence-corrected chi connectivity index (χ4v) is 2.39. The summed E-state index contributed by atoms with van der Waals surface area (Å²) in [7, 11) is 0. The fraction of sp³-hybridized carbons (Fsp3) is 0.235. The largest absolute Gasteiger partial charge is 0.338 e. The van der Waals surface area contributed by atoms with Crippen LogP contribution < -0.4 is 0 Å². The summed E-state index contributed by atoms with van der Waals surface area (Å²) in [5, 5.41) is 0. The highest BCUT2D eigenvalue weighted by Crippen LogP contribution is 2.21. The van der Waals surface area contributed by atoms with Crippen LogP contribution in [-0.4, -0.2) is 9.97 Å². The molecule has 2 aromatic carbocycles. The molecular formula is C17H18N2. The molecule has 0 saturated heterocycles. The van der Waals surface area contributed by atoms with Crippen molar-refractivity contribution in [2.45, 2.75) is 20.3 Å². The molecule has 2 heteroatoms. The van der Waals surface area contributed by atoms with Crippen molar-refractivity contribution in [2.24, 2.45) is 5.92 Å². The first-order chi connectivity index (χ1) is 9.22. The van der Waals surface area contributed by atoms with Gasteiger partial charge in [-0.1, -0.05) is 50.2 Å². The quantitative estimate of drug-likeness (QED) is 0.732. The van der Waals surface area contributed by atoms with E-state index in [4.69, 9.17) is 0 Å². The van der Waals surface area contributed by atoms with Crippen molar-refractivity contribution in [3.05, 3.63) is 54.1 Å². The van der Waals surface area contributed by atoms with Gasteiger partial charge in [0.2, 0.25) is 0 Å². The molecule has 0 unspecified atom stereocenters. The molecule has 1 aromatic heterocycles. The highest BCUT2D eigenvalue weighted by Gasteiger charge is 2.06. The molecule has 0 bridgehead atoms. The lowest BCUT2D eigenvalue weighted by atomic mass is 10.0. The number of fused-ring (bicyclic) bond motifs is 1. The van der Waals surface area contributed by atoms with Crippen molar-refractivity contribution < 1.29 is 0 Å². The van der Waals surface area contributed by atoms with Gasteiger partial charge in [0.25, 0.3) is 0 Å². The van der Waals surface area contributed by atoms with Crippen molar-refractivity contribution >= 4 is 11.0 Å². The number of nitrogens with one attached hydrogen (secondary N) is 1. The second kappa shape index (κ2) is 4.88. The number of benzene rings is 2. The van der Waals surface area contributed by atoms with Gasteiger partial charge in [-0.05, 0) is 30.0 Å². The van der Waals surface area contributed by atoms with Crippen LogP contribution in [0.25, 0.3) is 22.4 Å². The van der Waals surface area contributed by atoms with Gasteiger partial charge in [0.1, 0.15) is 5.82 Å². The number of aromatic nitrogens is 2. The Morgan fingerprint density at radius 2 is 1.84 bits per heavy atom. The number of imidazole rings is 1. The molecule has 0 aliphatic heterocycles. The Labute approximate surface area is 113 Å². The minimum absolute atomic E-state index is 0.675. The van der Waals surface area contributed by atoms with E-state index in [1.165, 1.54) is 5.56 Å². The molecule has 0 aliphatic rings. The van der Waals surface area contributed by atoms with E-state index in [1.807, 2.05) is 18.2 Å². The predicted octanol–water partition coefficient (Wildman–Crippen LogP) is 4.43. The third-order valence-electron chi connectivity index (χ3n) is 3.24. The molecule has 0 amide bonds. The third-order valence-corrected chi connectivity index (χ3v) is 3.24. The first kappa shape index (κ1) is 12.0. The maximum absolute atomic E-state index is 4.65. The average Bonchev–Trinajstić information content (AvgIpc) is 2.82. The fourth-order valence-electron chi connectivity index (χ4n) is 2.39.